The van der Waals surface area contributed by atoms with Gasteiger partial charge in [-0.15, -0.1) is 0 Å². The summed E-state index contributed by atoms with van der Waals surface area (Å²) in [5, 5.41) is 2.38. The molecule has 10 heavy (non-hydrogen) atoms. The molecular formula is C6H8NO3. The summed E-state index contributed by atoms with van der Waals surface area (Å²) in [5.74, 6) is 0. The van der Waals surface area contributed by atoms with Crippen LogP contribution < -0.4 is 5.32 Å². The van der Waals surface area contributed by atoms with Crippen molar-refractivity contribution < 1.29 is 14.3 Å². The lowest BCUT2D eigenvalue weighted by Crippen LogP contribution is -2.37. The fourth-order valence-corrected chi connectivity index (χ4v) is 0.624. The summed E-state index contributed by atoms with van der Waals surface area (Å²) in [6.45, 7) is 0. The maximum atomic E-state index is 10.5. The largest absolute Gasteiger partial charge is 0.453 e. The predicted octanol–water partition coefficient (Wildman–Crippen LogP) is -0.0153. The van der Waals surface area contributed by atoms with Crippen LogP contribution in [-0.4, -0.2) is 25.0 Å². The zero-order valence-corrected chi connectivity index (χ0v) is 5.64. The first-order valence-electron chi connectivity index (χ1n) is 2.98. The predicted molar refractivity (Wildman–Crippen MR) is 33.2 cm³/mol. The van der Waals surface area contributed by atoms with Crippen molar-refractivity contribution in [1.82, 2.24) is 5.32 Å². The molecule has 0 saturated heterocycles. The lowest BCUT2D eigenvalue weighted by Gasteiger charge is -2.06. The summed E-state index contributed by atoms with van der Waals surface area (Å²) >= 11 is 0. The van der Waals surface area contributed by atoms with E-state index >= 15 is 0 Å². The number of rotatable bonds is 2. The van der Waals surface area contributed by atoms with E-state index in [2.05, 4.69) is 10.1 Å². The Bertz CT molecular complexity index is 162. The SMILES string of the molecule is COC(=O)NC1([C]=O)CC1. The maximum Gasteiger partial charge on any atom is 0.407 e. The van der Waals surface area contributed by atoms with Crippen LogP contribution >= 0.6 is 0 Å². The average Bonchev–Trinajstić information content (AvgIpc) is 2.70. The van der Waals surface area contributed by atoms with E-state index < -0.39 is 11.6 Å². The van der Waals surface area contributed by atoms with Gasteiger partial charge in [-0.3, -0.25) is 4.79 Å². The molecule has 0 atom stereocenters. The standard InChI is InChI=1S/C6H8NO3/c1-10-5(9)7-6(4-8)2-3-6/h2-3H2,1H3,(H,7,9). The molecule has 0 aromatic rings. The van der Waals surface area contributed by atoms with Crippen LogP contribution in [-0.2, 0) is 9.53 Å². The van der Waals surface area contributed by atoms with Gasteiger partial charge in [0.15, 0.2) is 0 Å². The van der Waals surface area contributed by atoms with Crippen LogP contribution in [0.2, 0.25) is 0 Å². The average molecular weight is 142 g/mol. The molecule has 1 radical (unpaired) electrons. The maximum absolute atomic E-state index is 10.5. The highest BCUT2D eigenvalue weighted by Crippen LogP contribution is 2.32. The molecule has 0 aromatic carbocycles. The number of hydrogen-bond donors (Lipinski definition) is 1. The van der Waals surface area contributed by atoms with Crippen LogP contribution in [0.5, 0.6) is 0 Å². The van der Waals surface area contributed by atoms with Gasteiger partial charge in [-0.25, -0.2) is 4.79 Å². The highest BCUT2D eigenvalue weighted by molar-refractivity contribution is 5.79. The summed E-state index contributed by atoms with van der Waals surface area (Å²) < 4.78 is 4.30. The molecule has 55 valence electrons. The lowest BCUT2D eigenvalue weighted by atomic mass is 10.3. The number of nitrogens with one attached hydrogen (secondary N) is 1. The third-order valence-corrected chi connectivity index (χ3v) is 1.47. The minimum absolute atomic E-state index is 0.569. The second kappa shape index (κ2) is 2.28. The van der Waals surface area contributed by atoms with Crippen molar-refractivity contribution >= 4 is 12.4 Å². The zero-order valence-electron chi connectivity index (χ0n) is 5.64. The van der Waals surface area contributed by atoms with Gasteiger partial charge in [-0.2, -0.15) is 0 Å². The number of methoxy groups -OCH3 is 1. The molecule has 0 aromatic heterocycles. The minimum atomic E-state index is -0.715. The third-order valence-electron chi connectivity index (χ3n) is 1.47. The van der Waals surface area contributed by atoms with Gasteiger partial charge < -0.3 is 10.1 Å². The van der Waals surface area contributed by atoms with Crippen molar-refractivity contribution in [3.05, 3.63) is 0 Å². The number of carbonyl (C=O) groups is 1. The number of ether oxygens (including phenoxy) is 1. The summed E-state index contributed by atoms with van der Waals surface area (Å²) in [5.41, 5.74) is -0.715. The molecule has 4 nitrogen and oxygen atoms in total. The third kappa shape index (κ3) is 1.26. The summed E-state index contributed by atoms with van der Waals surface area (Å²) in [4.78, 5) is 20.7. The van der Waals surface area contributed by atoms with Crippen LogP contribution in [0.3, 0.4) is 0 Å². The van der Waals surface area contributed by atoms with Crippen LogP contribution in [0.1, 0.15) is 12.8 Å². The van der Waals surface area contributed by atoms with Gasteiger partial charge in [0.1, 0.15) is 5.54 Å². The van der Waals surface area contributed by atoms with Crippen molar-refractivity contribution in [3.8, 4) is 0 Å². The topological polar surface area (TPSA) is 55.4 Å². The van der Waals surface area contributed by atoms with Crippen LogP contribution in [0.25, 0.3) is 0 Å². The Hall–Kier alpha value is -1.06. The monoisotopic (exact) mass is 142 g/mol. The van der Waals surface area contributed by atoms with Crippen molar-refractivity contribution in [1.29, 1.82) is 0 Å². The van der Waals surface area contributed by atoms with E-state index in [0.717, 1.165) is 0 Å². The van der Waals surface area contributed by atoms with Gasteiger partial charge in [-0.1, -0.05) is 0 Å². The van der Waals surface area contributed by atoms with Gasteiger partial charge in [0.05, 0.1) is 7.11 Å². The number of alkyl carbamates (subject to hydrolysis) is 1. The lowest BCUT2D eigenvalue weighted by molar-refractivity contribution is 0.168. The first-order valence-corrected chi connectivity index (χ1v) is 2.98. The van der Waals surface area contributed by atoms with Gasteiger partial charge in [0.2, 0.25) is 6.29 Å². The van der Waals surface area contributed by atoms with E-state index in [0.29, 0.717) is 12.8 Å². The molecule has 1 amide bonds. The fraction of sp³-hybridized carbons (Fsp3) is 0.667. The summed E-state index contributed by atoms with van der Waals surface area (Å²) in [6, 6.07) is 0. The molecule has 0 heterocycles. The Balaban J connectivity index is 2.37. The Labute approximate surface area is 58.5 Å². The fourth-order valence-electron chi connectivity index (χ4n) is 0.624. The first-order chi connectivity index (χ1) is 4.72. The Kier molecular flexibility index (Phi) is 1.61. The molecule has 1 saturated carbocycles. The molecule has 1 aliphatic rings. The van der Waals surface area contributed by atoms with E-state index in [-0.39, 0.29) is 0 Å². The van der Waals surface area contributed by atoms with Gasteiger partial charge in [-0.05, 0) is 12.8 Å². The normalized spacial score (nSPS) is 19.3. The number of hydrogen-bond acceptors (Lipinski definition) is 3. The van der Waals surface area contributed by atoms with E-state index in [1.807, 2.05) is 0 Å². The molecule has 0 bridgehead atoms. The number of carbonyl (C=O) groups excluding carboxylic acids is 2. The smallest absolute Gasteiger partial charge is 0.407 e. The second-order valence-corrected chi connectivity index (χ2v) is 2.30. The highest BCUT2D eigenvalue weighted by atomic mass is 16.5. The second-order valence-electron chi connectivity index (χ2n) is 2.30. The van der Waals surface area contributed by atoms with Gasteiger partial charge in [0.25, 0.3) is 0 Å². The van der Waals surface area contributed by atoms with Crippen LogP contribution in [0, 0.1) is 0 Å². The molecule has 1 aliphatic carbocycles. The molecule has 1 fully saturated rings. The van der Waals surface area contributed by atoms with Crippen molar-refractivity contribution in [2.45, 2.75) is 18.4 Å². The van der Waals surface area contributed by atoms with Gasteiger partial charge in [0, 0.05) is 0 Å². The van der Waals surface area contributed by atoms with E-state index in [4.69, 9.17) is 0 Å². The van der Waals surface area contributed by atoms with Crippen molar-refractivity contribution in [2.75, 3.05) is 7.11 Å². The minimum Gasteiger partial charge on any atom is -0.453 e. The van der Waals surface area contributed by atoms with Crippen molar-refractivity contribution in [3.63, 3.8) is 0 Å². The van der Waals surface area contributed by atoms with Crippen LogP contribution in [0.15, 0.2) is 0 Å². The van der Waals surface area contributed by atoms with E-state index in [1.54, 1.807) is 6.29 Å². The van der Waals surface area contributed by atoms with E-state index in [1.165, 1.54) is 7.11 Å². The molecular weight excluding hydrogens is 134 g/mol. The molecule has 4 heteroatoms. The summed E-state index contributed by atoms with van der Waals surface area (Å²) in [7, 11) is 1.26. The first kappa shape index (κ1) is 7.05. The molecule has 1 rings (SSSR count). The van der Waals surface area contributed by atoms with Crippen LogP contribution in [0.4, 0.5) is 4.79 Å². The Morgan fingerprint density at radius 3 is 2.60 bits per heavy atom. The molecule has 0 unspecified atom stereocenters. The Morgan fingerprint density at radius 1 is 1.70 bits per heavy atom. The zero-order chi connectivity index (χ0) is 7.61. The van der Waals surface area contributed by atoms with Crippen molar-refractivity contribution in [2.24, 2.45) is 0 Å². The Morgan fingerprint density at radius 2 is 2.30 bits per heavy atom. The van der Waals surface area contributed by atoms with E-state index in [9.17, 15) is 9.59 Å². The molecule has 0 aliphatic heterocycles. The van der Waals surface area contributed by atoms with Gasteiger partial charge >= 0.3 is 6.09 Å². The molecule has 0 spiro atoms. The highest BCUT2D eigenvalue weighted by Gasteiger charge is 2.45. The quantitative estimate of drug-likeness (QED) is 0.589. The molecule has 1 N–H and O–H groups in total. The number of amides is 1. The summed E-state index contributed by atoms with van der Waals surface area (Å²) in [6.07, 6.45) is 2.53.